The number of carbonyl (C=O) groups is 1. The van der Waals surface area contributed by atoms with Crippen molar-refractivity contribution in [3.05, 3.63) is 81.4 Å². The van der Waals surface area contributed by atoms with Crippen LogP contribution in [0.1, 0.15) is 45.2 Å². The van der Waals surface area contributed by atoms with E-state index in [-0.39, 0.29) is 11.9 Å². The molecule has 1 amide bonds. The van der Waals surface area contributed by atoms with Gasteiger partial charge in [0.05, 0.1) is 17.8 Å². The van der Waals surface area contributed by atoms with Crippen LogP contribution in [-0.4, -0.2) is 32.3 Å². The summed E-state index contributed by atoms with van der Waals surface area (Å²) in [6, 6.07) is 13.9. The molecule has 152 valence electrons. The molecule has 0 bridgehead atoms. The number of hydrogen-bond acceptors (Lipinski definition) is 5. The molecule has 0 N–H and O–H groups in total. The number of thiophene rings is 1. The first-order chi connectivity index (χ1) is 14.7. The van der Waals surface area contributed by atoms with Gasteiger partial charge < -0.3 is 9.42 Å². The van der Waals surface area contributed by atoms with Crippen molar-refractivity contribution in [3.63, 3.8) is 0 Å². The van der Waals surface area contributed by atoms with Crippen LogP contribution in [0.15, 0.2) is 58.6 Å². The van der Waals surface area contributed by atoms with Gasteiger partial charge in [-0.15, -0.1) is 11.3 Å². The fourth-order valence-corrected chi connectivity index (χ4v) is 5.09. The smallest absolute Gasteiger partial charge is 0.276 e. The number of rotatable bonds is 4. The van der Waals surface area contributed by atoms with E-state index in [0.717, 1.165) is 29.8 Å². The Morgan fingerprint density at radius 1 is 1.27 bits per heavy atom. The Hall–Kier alpha value is -3.19. The maximum atomic E-state index is 13.5. The molecule has 0 spiro atoms. The molecule has 5 rings (SSSR count). The quantitative estimate of drug-likeness (QED) is 0.481. The zero-order valence-electron chi connectivity index (χ0n) is 16.9. The highest BCUT2D eigenvalue weighted by Gasteiger charge is 2.34. The summed E-state index contributed by atoms with van der Waals surface area (Å²) in [5, 5.41) is 10.6. The van der Waals surface area contributed by atoms with Gasteiger partial charge in [-0.05, 0) is 42.8 Å². The fourth-order valence-electron chi connectivity index (χ4n) is 4.19. The van der Waals surface area contributed by atoms with Crippen LogP contribution < -0.4 is 0 Å². The normalized spacial score (nSPS) is 15.9. The highest BCUT2D eigenvalue weighted by molar-refractivity contribution is 7.10. The first-order valence-electron chi connectivity index (χ1n) is 10.1. The van der Waals surface area contributed by atoms with Crippen molar-refractivity contribution in [2.75, 3.05) is 6.54 Å². The molecule has 0 fully saturated rings. The monoisotopic (exact) mass is 418 g/mol. The summed E-state index contributed by atoms with van der Waals surface area (Å²) in [6.07, 6.45) is 2.62. The molecule has 0 radical (unpaired) electrons. The van der Waals surface area contributed by atoms with Crippen LogP contribution in [0, 0.1) is 6.92 Å². The molecule has 30 heavy (non-hydrogen) atoms. The average molecular weight is 419 g/mol. The van der Waals surface area contributed by atoms with Crippen LogP contribution in [0.4, 0.5) is 0 Å². The summed E-state index contributed by atoms with van der Waals surface area (Å²) >= 11 is 1.76. The van der Waals surface area contributed by atoms with Gasteiger partial charge in [0, 0.05) is 29.7 Å². The van der Waals surface area contributed by atoms with Crippen molar-refractivity contribution in [2.24, 2.45) is 0 Å². The molecule has 3 aromatic heterocycles. The van der Waals surface area contributed by atoms with Crippen LogP contribution in [0.25, 0.3) is 11.3 Å². The molecule has 0 saturated carbocycles. The second-order valence-electron chi connectivity index (χ2n) is 7.40. The minimum atomic E-state index is -0.115. The number of amides is 1. The van der Waals surface area contributed by atoms with Crippen LogP contribution in [0.2, 0.25) is 0 Å². The van der Waals surface area contributed by atoms with Gasteiger partial charge in [0.2, 0.25) is 0 Å². The number of aromatic nitrogens is 3. The van der Waals surface area contributed by atoms with Crippen molar-refractivity contribution < 1.29 is 9.32 Å². The van der Waals surface area contributed by atoms with E-state index in [1.165, 1.54) is 10.4 Å². The molecule has 4 aromatic rings. The molecular weight excluding hydrogens is 396 g/mol. The molecule has 1 aromatic carbocycles. The summed E-state index contributed by atoms with van der Waals surface area (Å²) in [7, 11) is 0. The third-order valence-corrected chi connectivity index (χ3v) is 6.74. The standard InChI is InChI=1S/C23H22N4O2S/c1-3-27-15(2)18(14-24-27)20-13-19(25-29-20)23(28)26-11-9-21-17(10-12-30-21)22(26)16-7-5-4-6-8-16/h4-8,10,12-14,22H,3,9,11H2,1-2H3/t22-/m1/s1. The lowest BCUT2D eigenvalue weighted by molar-refractivity contribution is 0.0685. The van der Waals surface area contributed by atoms with Crippen molar-refractivity contribution in [1.82, 2.24) is 19.8 Å². The highest BCUT2D eigenvalue weighted by Crippen LogP contribution is 2.38. The molecule has 6 nitrogen and oxygen atoms in total. The first kappa shape index (κ1) is 18.8. The maximum absolute atomic E-state index is 13.5. The van der Waals surface area contributed by atoms with E-state index in [1.807, 2.05) is 41.6 Å². The van der Waals surface area contributed by atoms with Crippen molar-refractivity contribution in [1.29, 1.82) is 0 Å². The molecular formula is C23H22N4O2S. The van der Waals surface area contributed by atoms with Gasteiger partial charge in [-0.3, -0.25) is 9.48 Å². The lowest BCUT2D eigenvalue weighted by Crippen LogP contribution is -2.40. The Kier molecular flexibility index (Phi) is 4.75. The van der Waals surface area contributed by atoms with Gasteiger partial charge in [-0.25, -0.2) is 0 Å². The summed E-state index contributed by atoms with van der Waals surface area (Å²) in [5.41, 5.74) is 4.49. The van der Waals surface area contributed by atoms with Crippen molar-refractivity contribution in [3.8, 4) is 11.3 Å². The largest absolute Gasteiger partial charge is 0.355 e. The van der Waals surface area contributed by atoms with Crippen LogP contribution in [0.5, 0.6) is 0 Å². The third kappa shape index (κ3) is 3.06. The Balaban J connectivity index is 1.50. The van der Waals surface area contributed by atoms with Crippen molar-refractivity contribution >= 4 is 17.2 Å². The van der Waals surface area contributed by atoms with E-state index in [4.69, 9.17) is 4.52 Å². The van der Waals surface area contributed by atoms with E-state index in [1.54, 1.807) is 23.6 Å². The predicted molar refractivity (Wildman–Crippen MR) is 115 cm³/mol. The van der Waals surface area contributed by atoms with Gasteiger partial charge in [-0.1, -0.05) is 35.5 Å². The average Bonchev–Trinajstić information content (AvgIpc) is 3.52. The zero-order valence-corrected chi connectivity index (χ0v) is 17.7. The molecule has 0 unspecified atom stereocenters. The van der Waals surface area contributed by atoms with Gasteiger partial charge in [0.25, 0.3) is 5.91 Å². The van der Waals surface area contributed by atoms with Crippen molar-refractivity contribution in [2.45, 2.75) is 32.9 Å². The van der Waals surface area contributed by atoms with Gasteiger partial charge in [-0.2, -0.15) is 5.10 Å². The Bertz CT molecular complexity index is 1190. The number of fused-ring (bicyclic) bond motifs is 1. The highest BCUT2D eigenvalue weighted by atomic mass is 32.1. The molecule has 1 aliphatic heterocycles. The number of hydrogen-bond donors (Lipinski definition) is 0. The van der Waals surface area contributed by atoms with E-state index in [2.05, 4.69) is 33.8 Å². The molecule has 0 saturated heterocycles. The second-order valence-corrected chi connectivity index (χ2v) is 8.40. The molecule has 4 heterocycles. The third-order valence-electron chi connectivity index (χ3n) is 5.74. The summed E-state index contributed by atoms with van der Waals surface area (Å²) in [6.45, 7) is 5.46. The topological polar surface area (TPSA) is 64.2 Å². The minimum Gasteiger partial charge on any atom is -0.355 e. The SMILES string of the molecule is CCn1ncc(-c2cc(C(=O)N3CCc4sccc4[C@H]3c3ccccc3)no2)c1C. The molecule has 1 atom stereocenters. The number of aryl methyl sites for hydroxylation is 1. The van der Waals surface area contributed by atoms with E-state index in [0.29, 0.717) is 18.0 Å². The van der Waals surface area contributed by atoms with Gasteiger partial charge >= 0.3 is 0 Å². The second kappa shape index (κ2) is 7.57. The summed E-state index contributed by atoms with van der Waals surface area (Å²) in [5.74, 6) is 0.455. The molecule has 1 aliphatic rings. The number of carbonyl (C=O) groups excluding carboxylic acids is 1. The molecule has 7 heteroatoms. The Labute approximate surface area is 178 Å². The Morgan fingerprint density at radius 2 is 2.10 bits per heavy atom. The van der Waals surface area contributed by atoms with Gasteiger partial charge in [0.1, 0.15) is 0 Å². The maximum Gasteiger partial charge on any atom is 0.276 e. The zero-order chi connectivity index (χ0) is 20.7. The number of nitrogens with zero attached hydrogens (tertiary/aromatic N) is 4. The molecule has 0 aliphatic carbocycles. The predicted octanol–water partition coefficient (Wildman–Crippen LogP) is 4.72. The fraction of sp³-hybridized carbons (Fsp3) is 0.261. The van der Waals surface area contributed by atoms with Crippen LogP contribution in [-0.2, 0) is 13.0 Å². The summed E-state index contributed by atoms with van der Waals surface area (Å²) in [4.78, 5) is 16.7. The Morgan fingerprint density at radius 3 is 2.87 bits per heavy atom. The number of benzene rings is 1. The first-order valence-corrected chi connectivity index (χ1v) is 11.0. The van der Waals surface area contributed by atoms with Crippen LogP contribution in [0.3, 0.4) is 0 Å². The lowest BCUT2D eigenvalue weighted by atomic mass is 9.93. The van der Waals surface area contributed by atoms with Crippen LogP contribution >= 0.6 is 11.3 Å². The van der Waals surface area contributed by atoms with E-state index in [9.17, 15) is 4.79 Å². The minimum absolute atomic E-state index is 0.113. The van der Waals surface area contributed by atoms with E-state index >= 15 is 0 Å². The summed E-state index contributed by atoms with van der Waals surface area (Å²) < 4.78 is 7.44. The van der Waals surface area contributed by atoms with Gasteiger partial charge in [0.15, 0.2) is 11.5 Å². The lowest BCUT2D eigenvalue weighted by Gasteiger charge is -2.35. The van der Waals surface area contributed by atoms with E-state index < -0.39 is 0 Å².